The summed E-state index contributed by atoms with van der Waals surface area (Å²) >= 11 is 5.73. The predicted octanol–water partition coefficient (Wildman–Crippen LogP) is 3.89. The van der Waals surface area contributed by atoms with Gasteiger partial charge in [0.2, 0.25) is 0 Å². The summed E-state index contributed by atoms with van der Waals surface area (Å²) in [5, 5.41) is 4.25. The van der Waals surface area contributed by atoms with Crippen molar-refractivity contribution in [1.82, 2.24) is 19.8 Å². The van der Waals surface area contributed by atoms with Gasteiger partial charge >= 0.3 is 0 Å². The zero-order valence-corrected chi connectivity index (χ0v) is 18.0. The van der Waals surface area contributed by atoms with Gasteiger partial charge in [0.1, 0.15) is 5.75 Å². The van der Waals surface area contributed by atoms with Gasteiger partial charge in [-0.15, -0.1) is 0 Å². The van der Waals surface area contributed by atoms with E-state index >= 15 is 0 Å². The van der Waals surface area contributed by atoms with E-state index in [0.717, 1.165) is 40.9 Å². The lowest BCUT2D eigenvalue weighted by Gasteiger charge is -2.29. The van der Waals surface area contributed by atoms with Crippen molar-refractivity contribution >= 4 is 17.3 Å². The lowest BCUT2D eigenvalue weighted by Crippen LogP contribution is -2.32. The number of nitrogens with zero attached hydrogens (tertiary/aromatic N) is 3. The fourth-order valence-corrected chi connectivity index (χ4v) is 4.29. The third-order valence-corrected chi connectivity index (χ3v) is 5.73. The van der Waals surface area contributed by atoms with Gasteiger partial charge in [0.05, 0.1) is 24.9 Å². The van der Waals surface area contributed by atoms with E-state index in [1.54, 1.807) is 14.2 Å². The van der Waals surface area contributed by atoms with Crippen molar-refractivity contribution in [3.63, 3.8) is 0 Å². The average molecular weight is 423 g/mol. The Labute approximate surface area is 182 Å². The fraction of sp³-hybridized carbons (Fsp3) is 0.304. The van der Waals surface area contributed by atoms with Crippen molar-refractivity contribution in [3.05, 3.63) is 78.4 Å². The third-order valence-electron chi connectivity index (χ3n) is 5.38. The number of aromatic nitrogens is 2. The average Bonchev–Trinajstić information content (AvgIpc) is 3.39. The molecule has 1 aliphatic heterocycles. The smallest absolute Gasteiger partial charge is 0.170 e. The molecule has 156 valence electrons. The molecule has 0 amide bonds. The minimum Gasteiger partial charge on any atom is -0.497 e. The van der Waals surface area contributed by atoms with Crippen LogP contribution in [0, 0.1) is 0 Å². The highest BCUT2D eigenvalue weighted by Crippen LogP contribution is 2.39. The van der Waals surface area contributed by atoms with Crippen LogP contribution in [0.15, 0.2) is 67.0 Å². The summed E-state index contributed by atoms with van der Waals surface area (Å²) in [7, 11) is 3.40. The highest BCUT2D eigenvalue weighted by Gasteiger charge is 2.40. The first-order valence-electron chi connectivity index (χ1n) is 10.0. The summed E-state index contributed by atoms with van der Waals surface area (Å²) in [6, 6.07) is 18.3. The van der Waals surface area contributed by atoms with Crippen LogP contribution in [0.2, 0.25) is 0 Å². The molecule has 7 heteroatoms. The number of hydrogen-bond donors (Lipinski definition) is 1. The molecule has 0 aliphatic carbocycles. The number of methoxy groups -OCH3 is 2. The fourth-order valence-electron chi connectivity index (χ4n) is 3.96. The van der Waals surface area contributed by atoms with Gasteiger partial charge in [-0.3, -0.25) is 4.98 Å². The number of rotatable bonds is 8. The Hall–Kier alpha value is -2.90. The molecule has 0 radical (unpaired) electrons. The molecule has 0 saturated carbocycles. The van der Waals surface area contributed by atoms with Gasteiger partial charge in [-0.05, 0) is 67.2 Å². The molecule has 4 rings (SSSR count). The Bertz CT molecular complexity index is 974. The molecule has 0 spiro atoms. The Balaban J connectivity index is 1.73. The monoisotopic (exact) mass is 422 g/mol. The predicted molar refractivity (Wildman–Crippen MR) is 121 cm³/mol. The van der Waals surface area contributed by atoms with E-state index in [0.29, 0.717) is 6.61 Å². The Kier molecular flexibility index (Phi) is 6.30. The van der Waals surface area contributed by atoms with Gasteiger partial charge in [0.25, 0.3) is 0 Å². The maximum atomic E-state index is 5.73. The van der Waals surface area contributed by atoms with Gasteiger partial charge in [0, 0.05) is 44.0 Å². The van der Waals surface area contributed by atoms with E-state index in [4.69, 9.17) is 21.7 Å². The second-order valence-electron chi connectivity index (χ2n) is 7.17. The van der Waals surface area contributed by atoms with Crippen molar-refractivity contribution in [2.45, 2.75) is 18.5 Å². The molecular formula is C23H26N4O2S. The first-order valence-corrected chi connectivity index (χ1v) is 10.4. The Morgan fingerprint density at radius 1 is 1.07 bits per heavy atom. The second-order valence-corrected chi connectivity index (χ2v) is 7.55. The van der Waals surface area contributed by atoms with Crippen LogP contribution in [0.3, 0.4) is 0 Å². The number of ether oxygens (including phenoxy) is 2. The van der Waals surface area contributed by atoms with Gasteiger partial charge in [0.15, 0.2) is 5.11 Å². The normalized spacial score (nSPS) is 18.5. The highest BCUT2D eigenvalue weighted by atomic mass is 32.1. The molecule has 0 bridgehead atoms. The number of thiocarbonyl (C=S) groups is 1. The van der Waals surface area contributed by atoms with Crippen LogP contribution in [0.1, 0.15) is 29.9 Å². The summed E-state index contributed by atoms with van der Waals surface area (Å²) < 4.78 is 12.8. The van der Waals surface area contributed by atoms with E-state index in [2.05, 4.69) is 50.2 Å². The highest BCUT2D eigenvalue weighted by molar-refractivity contribution is 7.80. The van der Waals surface area contributed by atoms with Crippen LogP contribution in [0.4, 0.5) is 0 Å². The quantitative estimate of drug-likeness (QED) is 0.439. The number of hydrogen-bond acceptors (Lipinski definition) is 4. The molecule has 3 aromatic rings. The van der Waals surface area contributed by atoms with Crippen molar-refractivity contribution in [3.8, 4) is 11.4 Å². The minimum atomic E-state index is -0.0341. The maximum Gasteiger partial charge on any atom is 0.170 e. The van der Waals surface area contributed by atoms with Crippen LogP contribution >= 0.6 is 12.2 Å². The first kappa shape index (κ1) is 20.4. The van der Waals surface area contributed by atoms with Crippen LogP contribution in [-0.4, -0.2) is 46.9 Å². The number of pyridine rings is 1. The molecule has 30 heavy (non-hydrogen) atoms. The molecule has 1 aliphatic rings. The Morgan fingerprint density at radius 3 is 2.60 bits per heavy atom. The SMILES string of the molecule is COCCCN1C(=S)N[C@H](c2ccccn2)[C@H]1c1cccn1-c1ccc(OC)cc1. The van der Waals surface area contributed by atoms with Crippen molar-refractivity contribution in [1.29, 1.82) is 0 Å². The molecule has 3 heterocycles. The molecule has 2 atom stereocenters. The number of nitrogens with one attached hydrogen (secondary N) is 1. The van der Waals surface area contributed by atoms with E-state index in [1.165, 1.54) is 0 Å². The summed E-state index contributed by atoms with van der Waals surface area (Å²) in [5.41, 5.74) is 3.20. The standard InChI is InChI=1S/C23H26N4O2S/c1-28-16-6-15-27-22(21(25-23(27)30)19-7-3-4-13-24-19)20-8-5-14-26(20)17-9-11-18(29-2)12-10-17/h3-5,7-14,21-22H,6,15-16H2,1-2H3,(H,25,30)/t21-,22-/m1/s1. The molecule has 1 fully saturated rings. The largest absolute Gasteiger partial charge is 0.497 e. The zero-order chi connectivity index (χ0) is 20.9. The summed E-state index contributed by atoms with van der Waals surface area (Å²) in [4.78, 5) is 6.87. The lowest BCUT2D eigenvalue weighted by molar-refractivity contribution is 0.180. The molecule has 2 aromatic heterocycles. The van der Waals surface area contributed by atoms with E-state index in [9.17, 15) is 0 Å². The molecule has 0 unspecified atom stereocenters. The second kappa shape index (κ2) is 9.28. The molecule has 1 aromatic carbocycles. The van der Waals surface area contributed by atoms with Crippen LogP contribution in [-0.2, 0) is 4.74 Å². The lowest BCUT2D eigenvalue weighted by atomic mass is 10.0. The van der Waals surface area contributed by atoms with Gasteiger partial charge < -0.3 is 24.3 Å². The third kappa shape index (κ3) is 4.04. The Morgan fingerprint density at radius 2 is 1.90 bits per heavy atom. The topological polar surface area (TPSA) is 51.5 Å². The maximum absolute atomic E-state index is 5.73. The van der Waals surface area contributed by atoms with Crippen molar-refractivity contribution in [2.24, 2.45) is 0 Å². The van der Waals surface area contributed by atoms with Gasteiger partial charge in [-0.2, -0.15) is 0 Å². The number of benzene rings is 1. The summed E-state index contributed by atoms with van der Waals surface area (Å²) in [6.45, 7) is 1.50. The van der Waals surface area contributed by atoms with Gasteiger partial charge in [-0.25, -0.2) is 0 Å². The van der Waals surface area contributed by atoms with Crippen LogP contribution < -0.4 is 10.1 Å². The van der Waals surface area contributed by atoms with E-state index < -0.39 is 0 Å². The van der Waals surface area contributed by atoms with E-state index in [1.807, 2.05) is 36.5 Å². The van der Waals surface area contributed by atoms with Crippen LogP contribution in [0.5, 0.6) is 5.75 Å². The minimum absolute atomic E-state index is 0.0151. The zero-order valence-electron chi connectivity index (χ0n) is 17.2. The molecular weight excluding hydrogens is 396 g/mol. The van der Waals surface area contributed by atoms with E-state index in [-0.39, 0.29) is 12.1 Å². The molecule has 6 nitrogen and oxygen atoms in total. The van der Waals surface area contributed by atoms with Crippen LogP contribution in [0.25, 0.3) is 5.69 Å². The molecule has 1 N–H and O–H groups in total. The van der Waals surface area contributed by atoms with Crippen molar-refractivity contribution < 1.29 is 9.47 Å². The summed E-state index contributed by atoms with van der Waals surface area (Å²) in [5.74, 6) is 0.837. The van der Waals surface area contributed by atoms with Crippen molar-refractivity contribution in [2.75, 3.05) is 27.4 Å². The first-order chi connectivity index (χ1) is 14.7. The molecule has 1 saturated heterocycles. The van der Waals surface area contributed by atoms with Gasteiger partial charge in [-0.1, -0.05) is 6.07 Å². The summed E-state index contributed by atoms with van der Waals surface area (Å²) in [6.07, 6.45) is 4.81.